The van der Waals surface area contributed by atoms with Crippen molar-refractivity contribution in [3.63, 3.8) is 0 Å². The molecule has 22 heavy (non-hydrogen) atoms. The Bertz CT molecular complexity index is 693. The van der Waals surface area contributed by atoms with Gasteiger partial charge in [0.05, 0.1) is 6.61 Å². The maximum atomic E-state index is 11.8. The molecule has 0 saturated heterocycles. The van der Waals surface area contributed by atoms with Crippen molar-refractivity contribution in [3.05, 3.63) is 69.1 Å². The van der Waals surface area contributed by atoms with Crippen LogP contribution in [-0.4, -0.2) is 17.5 Å². The number of pyridine rings is 1. The van der Waals surface area contributed by atoms with Crippen molar-refractivity contribution in [2.24, 2.45) is 0 Å². The molecule has 5 nitrogen and oxygen atoms in total. The van der Waals surface area contributed by atoms with Crippen LogP contribution in [0.2, 0.25) is 0 Å². The lowest BCUT2D eigenvalue weighted by Crippen LogP contribution is -2.30. The van der Waals surface area contributed by atoms with Crippen molar-refractivity contribution < 1.29 is 9.53 Å². The van der Waals surface area contributed by atoms with Gasteiger partial charge in [-0.05, 0) is 31.0 Å². The summed E-state index contributed by atoms with van der Waals surface area (Å²) in [4.78, 5) is 26.3. The summed E-state index contributed by atoms with van der Waals surface area (Å²) in [5.74, 6) is -0.240. The lowest BCUT2D eigenvalue weighted by Gasteiger charge is -2.08. The van der Waals surface area contributed by atoms with Crippen LogP contribution in [-0.2, 0) is 22.7 Å². The van der Waals surface area contributed by atoms with Gasteiger partial charge >= 0.3 is 0 Å². The lowest BCUT2D eigenvalue weighted by atomic mass is 10.1. The summed E-state index contributed by atoms with van der Waals surface area (Å²) in [7, 11) is 0. The second-order valence-electron chi connectivity index (χ2n) is 5.20. The summed E-state index contributed by atoms with van der Waals surface area (Å²) >= 11 is 0. The molecular weight excluding hydrogens is 280 g/mol. The fourth-order valence-electron chi connectivity index (χ4n) is 2.18. The van der Waals surface area contributed by atoms with Crippen LogP contribution in [0.4, 0.5) is 0 Å². The normalized spacial score (nSPS) is 10.5. The number of rotatable bonds is 6. The first-order valence-electron chi connectivity index (χ1n) is 7.14. The van der Waals surface area contributed by atoms with Crippen molar-refractivity contribution in [3.8, 4) is 0 Å². The van der Waals surface area contributed by atoms with E-state index >= 15 is 0 Å². The number of amides is 1. The average molecular weight is 300 g/mol. The maximum absolute atomic E-state index is 11.8. The summed E-state index contributed by atoms with van der Waals surface area (Å²) in [6.45, 7) is 4.24. The second kappa shape index (κ2) is 7.56. The quantitative estimate of drug-likeness (QED) is 0.855. The van der Waals surface area contributed by atoms with Gasteiger partial charge in [-0.2, -0.15) is 0 Å². The largest absolute Gasteiger partial charge is 0.367 e. The number of H-pyrrole nitrogens is 1. The molecular formula is C17H20N2O3. The molecule has 0 aliphatic heterocycles. The molecule has 1 aromatic carbocycles. The number of ether oxygens (including phenoxy) is 1. The minimum atomic E-state index is -0.240. The van der Waals surface area contributed by atoms with Crippen LogP contribution in [0.5, 0.6) is 0 Å². The van der Waals surface area contributed by atoms with Crippen LogP contribution in [0.15, 0.2) is 41.2 Å². The molecule has 0 unspecified atom stereocenters. The van der Waals surface area contributed by atoms with E-state index in [1.165, 1.54) is 0 Å². The van der Waals surface area contributed by atoms with Crippen LogP contribution in [0.1, 0.15) is 22.4 Å². The number of benzene rings is 1. The number of aromatic nitrogens is 1. The molecule has 0 aliphatic rings. The van der Waals surface area contributed by atoms with Gasteiger partial charge in [0, 0.05) is 17.8 Å². The van der Waals surface area contributed by atoms with Crippen molar-refractivity contribution >= 4 is 5.91 Å². The van der Waals surface area contributed by atoms with Crippen LogP contribution in [0.3, 0.4) is 0 Å². The summed E-state index contributed by atoms with van der Waals surface area (Å²) in [6.07, 6.45) is 0. The molecule has 0 fully saturated rings. The Kier molecular flexibility index (Phi) is 5.49. The SMILES string of the molecule is Cc1cc(C)c(CNC(=O)COCc2ccccc2)c(=O)[nH]1. The molecule has 1 heterocycles. The molecule has 5 heteroatoms. The number of nitrogens with one attached hydrogen (secondary N) is 2. The molecule has 2 aromatic rings. The predicted molar refractivity (Wildman–Crippen MR) is 84.5 cm³/mol. The predicted octanol–water partition coefficient (Wildman–Crippen LogP) is 1.82. The highest BCUT2D eigenvalue weighted by Crippen LogP contribution is 2.03. The lowest BCUT2D eigenvalue weighted by molar-refractivity contribution is -0.126. The molecule has 0 atom stereocenters. The molecule has 1 aromatic heterocycles. The van der Waals surface area contributed by atoms with Crippen LogP contribution >= 0.6 is 0 Å². The highest BCUT2D eigenvalue weighted by Gasteiger charge is 2.07. The van der Waals surface area contributed by atoms with E-state index in [-0.39, 0.29) is 24.6 Å². The van der Waals surface area contributed by atoms with Gasteiger partial charge in [-0.3, -0.25) is 9.59 Å². The average Bonchev–Trinajstić information content (AvgIpc) is 2.47. The molecule has 116 valence electrons. The third-order valence-electron chi connectivity index (χ3n) is 3.30. The minimum absolute atomic E-state index is 0.0301. The fraction of sp³-hybridized carbons (Fsp3) is 0.294. The first-order chi connectivity index (χ1) is 10.6. The standard InChI is InChI=1S/C17H20N2O3/c1-12-8-13(2)19-17(21)15(12)9-18-16(20)11-22-10-14-6-4-3-5-7-14/h3-8H,9-11H2,1-2H3,(H,18,20)(H,19,21). The Balaban J connectivity index is 1.80. The number of aryl methyl sites for hydroxylation is 2. The zero-order chi connectivity index (χ0) is 15.9. The van der Waals surface area contributed by atoms with Gasteiger partial charge in [-0.25, -0.2) is 0 Å². The summed E-state index contributed by atoms with van der Waals surface area (Å²) < 4.78 is 5.35. The van der Waals surface area contributed by atoms with Crippen molar-refractivity contribution in [2.75, 3.05) is 6.61 Å². The van der Waals surface area contributed by atoms with E-state index in [9.17, 15) is 9.59 Å². The van der Waals surface area contributed by atoms with E-state index in [1.54, 1.807) is 0 Å². The van der Waals surface area contributed by atoms with Crippen molar-refractivity contribution in [1.29, 1.82) is 0 Å². The Morgan fingerprint density at radius 3 is 2.64 bits per heavy atom. The monoisotopic (exact) mass is 300 g/mol. The second-order valence-corrected chi connectivity index (χ2v) is 5.20. The molecule has 2 N–H and O–H groups in total. The van der Waals surface area contributed by atoms with Crippen molar-refractivity contribution in [2.45, 2.75) is 27.0 Å². The van der Waals surface area contributed by atoms with Gasteiger partial charge in [-0.15, -0.1) is 0 Å². The highest BCUT2D eigenvalue weighted by molar-refractivity contribution is 5.77. The summed E-state index contributed by atoms with van der Waals surface area (Å²) in [6, 6.07) is 11.5. The highest BCUT2D eigenvalue weighted by atomic mass is 16.5. The van der Waals surface area contributed by atoms with Gasteiger partial charge in [0.25, 0.3) is 5.56 Å². The van der Waals surface area contributed by atoms with E-state index in [0.717, 1.165) is 16.8 Å². The van der Waals surface area contributed by atoms with Crippen LogP contribution in [0.25, 0.3) is 0 Å². The zero-order valence-electron chi connectivity index (χ0n) is 12.8. The van der Waals surface area contributed by atoms with E-state index in [0.29, 0.717) is 12.2 Å². The van der Waals surface area contributed by atoms with Gasteiger partial charge in [0.2, 0.25) is 5.91 Å². The van der Waals surface area contributed by atoms with E-state index in [2.05, 4.69) is 10.3 Å². The van der Waals surface area contributed by atoms with Gasteiger partial charge in [0.15, 0.2) is 0 Å². The third kappa shape index (κ3) is 4.56. The van der Waals surface area contributed by atoms with Gasteiger partial charge in [-0.1, -0.05) is 30.3 Å². The molecule has 0 saturated carbocycles. The maximum Gasteiger partial charge on any atom is 0.253 e. The van der Waals surface area contributed by atoms with E-state index in [4.69, 9.17) is 4.74 Å². The zero-order valence-corrected chi connectivity index (χ0v) is 12.8. The number of carbonyl (C=O) groups excluding carboxylic acids is 1. The van der Waals surface area contributed by atoms with E-state index in [1.807, 2.05) is 50.2 Å². The fourth-order valence-corrected chi connectivity index (χ4v) is 2.18. The van der Waals surface area contributed by atoms with Crippen LogP contribution in [0, 0.1) is 13.8 Å². The Morgan fingerprint density at radius 1 is 1.23 bits per heavy atom. The number of aromatic amines is 1. The first kappa shape index (κ1) is 16.0. The molecule has 0 radical (unpaired) electrons. The number of hydrogen-bond acceptors (Lipinski definition) is 3. The minimum Gasteiger partial charge on any atom is -0.367 e. The summed E-state index contributed by atoms with van der Waals surface area (Å²) in [5, 5.41) is 2.70. The van der Waals surface area contributed by atoms with Crippen LogP contribution < -0.4 is 10.9 Å². The Labute approximate surface area is 129 Å². The molecule has 1 amide bonds. The molecule has 0 spiro atoms. The summed E-state index contributed by atoms with van der Waals surface area (Å²) in [5.41, 5.74) is 3.10. The van der Waals surface area contributed by atoms with Gasteiger partial charge < -0.3 is 15.0 Å². The third-order valence-corrected chi connectivity index (χ3v) is 3.30. The van der Waals surface area contributed by atoms with E-state index < -0.39 is 0 Å². The van der Waals surface area contributed by atoms with Gasteiger partial charge in [0.1, 0.15) is 6.61 Å². The smallest absolute Gasteiger partial charge is 0.253 e. The Hall–Kier alpha value is -2.40. The topological polar surface area (TPSA) is 71.2 Å². The molecule has 0 bridgehead atoms. The van der Waals surface area contributed by atoms with Crippen molar-refractivity contribution in [1.82, 2.24) is 10.3 Å². The first-order valence-corrected chi connectivity index (χ1v) is 7.14. The molecule has 0 aliphatic carbocycles. The Morgan fingerprint density at radius 2 is 1.95 bits per heavy atom. The number of hydrogen-bond donors (Lipinski definition) is 2. The number of carbonyl (C=O) groups is 1. The molecule has 2 rings (SSSR count).